The number of fused-ring (bicyclic) bond motifs is 1. The molecule has 23 heavy (non-hydrogen) atoms. The van der Waals surface area contributed by atoms with E-state index in [0.29, 0.717) is 12.6 Å². The molecule has 3 heteroatoms. The van der Waals surface area contributed by atoms with Gasteiger partial charge in [0.25, 0.3) is 0 Å². The molecule has 0 saturated heterocycles. The molecule has 0 saturated carbocycles. The highest BCUT2D eigenvalue weighted by Crippen LogP contribution is 2.31. The van der Waals surface area contributed by atoms with E-state index in [1.54, 1.807) is 0 Å². The van der Waals surface area contributed by atoms with E-state index in [1.807, 2.05) is 30.3 Å². The van der Waals surface area contributed by atoms with Gasteiger partial charge < -0.3 is 14.8 Å². The van der Waals surface area contributed by atoms with Crippen LogP contribution >= 0.6 is 0 Å². The molecule has 0 amide bonds. The van der Waals surface area contributed by atoms with Gasteiger partial charge in [-0.15, -0.1) is 0 Å². The minimum absolute atomic E-state index is 0.245. The van der Waals surface area contributed by atoms with Gasteiger partial charge in [-0.1, -0.05) is 50.2 Å². The Balaban J connectivity index is 1.61. The average Bonchev–Trinajstić information content (AvgIpc) is 2.58. The van der Waals surface area contributed by atoms with Crippen molar-refractivity contribution in [3.8, 4) is 11.5 Å². The summed E-state index contributed by atoms with van der Waals surface area (Å²) in [5.74, 6) is 1.84. The van der Waals surface area contributed by atoms with Crippen molar-refractivity contribution in [1.82, 2.24) is 5.32 Å². The van der Waals surface area contributed by atoms with Gasteiger partial charge in [-0.2, -0.15) is 0 Å². The molecule has 1 aliphatic heterocycles. The van der Waals surface area contributed by atoms with Gasteiger partial charge in [0.05, 0.1) is 0 Å². The third-order valence-electron chi connectivity index (χ3n) is 4.07. The van der Waals surface area contributed by atoms with Gasteiger partial charge in [0, 0.05) is 18.7 Å². The van der Waals surface area contributed by atoms with E-state index in [4.69, 9.17) is 9.47 Å². The third kappa shape index (κ3) is 4.49. The van der Waals surface area contributed by atoms with E-state index in [0.717, 1.165) is 30.9 Å². The fourth-order valence-electron chi connectivity index (χ4n) is 2.75. The van der Waals surface area contributed by atoms with Gasteiger partial charge in [0.1, 0.15) is 24.2 Å². The summed E-state index contributed by atoms with van der Waals surface area (Å²) in [6, 6.07) is 16.9. The summed E-state index contributed by atoms with van der Waals surface area (Å²) in [6.45, 7) is 5.79. The standard InChI is InChI=1S/C20H25NO2/c1-15(2)21-13-19-11-9-17-8-10-18(12-20(17)23-19)22-14-16-6-4-3-5-7-16/h3-8,10,12,15,19,21H,9,11,13-14H2,1-2H3. The molecule has 3 nitrogen and oxygen atoms in total. The summed E-state index contributed by atoms with van der Waals surface area (Å²) in [6.07, 6.45) is 2.38. The van der Waals surface area contributed by atoms with Crippen LogP contribution in [0.4, 0.5) is 0 Å². The lowest BCUT2D eigenvalue weighted by atomic mass is 10.0. The van der Waals surface area contributed by atoms with Crippen LogP contribution in [0, 0.1) is 0 Å². The molecule has 0 radical (unpaired) electrons. The molecule has 0 fully saturated rings. The maximum absolute atomic E-state index is 6.13. The first kappa shape index (κ1) is 15.9. The number of aryl methyl sites for hydroxylation is 1. The van der Waals surface area contributed by atoms with E-state index in [1.165, 1.54) is 11.1 Å². The molecule has 2 aromatic rings. The number of hydrogen-bond acceptors (Lipinski definition) is 3. The summed E-state index contributed by atoms with van der Waals surface area (Å²) in [5, 5.41) is 3.45. The fraction of sp³-hybridized carbons (Fsp3) is 0.400. The Kier molecular flexibility index (Phi) is 5.19. The zero-order valence-electron chi connectivity index (χ0n) is 13.9. The maximum atomic E-state index is 6.13. The van der Waals surface area contributed by atoms with Crippen molar-refractivity contribution in [2.75, 3.05) is 6.54 Å². The molecule has 1 unspecified atom stereocenters. The summed E-state index contributed by atoms with van der Waals surface area (Å²) in [4.78, 5) is 0. The van der Waals surface area contributed by atoms with Crippen molar-refractivity contribution in [3.63, 3.8) is 0 Å². The van der Waals surface area contributed by atoms with E-state index in [9.17, 15) is 0 Å². The number of ether oxygens (including phenoxy) is 2. The monoisotopic (exact) mass is 311 g/mol. The highest BCUT2D eigenvalue weighted by molar-refractivity contribution is 5.42. The van der Waals surface area contributed by atoms with Gasteiger partial charge in [0.2, 0.25) is 0 Å². The molecule has 0 aliphatic carbocycles. The normalized spacial score (nSPS) is 16.7. The maximum Gasteiger partial charge on any atom is 0.126 e. The summed E-state index contributed by atoms with van der Waals surface area (Å²) >= 11 is 0. The van der Waals surface area contributed by atoms with Gasteiger partial charge >= 0.3 is 0 Å². The second kappa shape index (κ2) is 7.51. The highest BCUT2D eigenvalue weighted by atomic mass is 16.5. The van der Waals surface area contributed by atoms with Gasteiger partial charge in [0.15, 0.2) is 0 Å². The van der Waals surface area contributed by atoms with Crippen LogP contribution in [-0.4, -0.2) is 18.7 Å². The van der Waals surface area contributed by atoms with Crippen LogP contribution in [0.5, 0.6) is 11.5 Å². The lowest BCUT2D eigenvalue weighted by Gasteiger charge is -2.27. The van der Waals surface area contributed by atoms with Crippen molar-refractivity contribution < 1.29 is 9.47 Å². The smallest absolute Gasteiger partial charge is 0.126 e. The third-order valence-corrected chi connectivity index (χ3v) is 4.07. The Hall–Kier alpha value is -2.00. The van der Waals surface area contributed by atoms with Crippen molar-refractivity contribution in [2.24, 2.45) is 0 Å². The number of hydrogen-bond donors (Lipinski definition) is 1. The molecule has 1 atom stereocenters. The Morgan fingerprint density at radius 2 is 2.00 bits per heavy atom. The quantitative estimate of drug-likeness (QED) is 0.876. The van der Waals surface area contributed by atoms with Crippen LogP contribution in [0.1, 0.15) is 31.4 Å². The fourth-order valence-corrected chi connectivity index (χ4v) is 2.75. The van der Waals surface area contributed by atoms with E-state index < -0.39 is 0 Å². The lowest BCUT2D eigenvalue weighted by Crippen LogP contribution is -2.37. The molecule has 0 bridgehead atoms. The van der Waals surface area contributed by atoms with Crippen LogP contribution in [0.3, 0.4) is 0 Å². The van der Waals surface area contributed by atoms with Crippen molar-refractivity contribution in [3.05, 3.63) is 59.7 Å². The van der Waals surface area contributed by atoms with Crippen molar-refractivity contribution in [2.45, 2.75) is 45.4 Å². The minimum atomic E-state index is 0.245. The van der Waals surface area contributed by atoms with Gasteiger partial charge in [-0.05, 0) is 30.0 Å². The van der Waals surface area contributed by atoms with E-state index in [-0.39, 0.29) is 6.10 Å². The van der Waals surface area contributed by atoms with Gasteiger partial charge in [-0.3, -0.25) is 0 Å². The zero-order valence-corrected chi connectivity index (χ0v) is 13.9. The Labute approximate surface area is 138 Å². The molecule has 3 rings (SSSR count). The molecule has 1 aliphatic rings. The minimum Gasteiger partial charge on any atom is -0.489 e. The SMILES string of the molecule is CC(C)NCC1CCc2ccc(OCc3ccccc3)cc2O1. The number of nitrogens with one attached hydrogen (secondary N) is 1. The van der Waals surface area contributed by atoms with E-state index >= 15 is 0 Å². The predicted molar refractivity (Wildman–Crippen MR) is 93.1 cm³/mol. The highest BCUT2D eigenvalue weighted by Gasteiger charge is 2.20. The Morgan fingerprint density at radius 3 is 2.78 bits per heavy atom. The molecule has 1 heterocycles. The molecular weight excluding hydrogens is 286 g/mol. The van der Waals surface area contributed by atoms with Crippen molar-refractivity contribution in [1.29, 1.82) is 0 Å². The van der Waals surface area contributed by atoms with Crippen LogP contribution < -0.4 is 14.8 Å². The molecule has 1 N–H and O–H groups in total. The summed E-state index contributed by atoms with van der Waals surface area (Å²) in [7, 11) is 0. The molecular formula is C20H25NO2. The topological polar surface area (TPSA) is 30.5 Å². The predicted octanol–water partition coefficient (Wildman–Crippen LogP) is 3.96. The molecule has 2 aromatic carbocycles. The summed E-state index contributed by atoms with van der Waals surface area (Å²) < 4.78 is 12.0. The Morgan fingerprint density at radius 1 is 1.17 bits per heavy atom. The largest absolute Gasteiger partial charge is 0.489 e. The first-order chi connectivity index (χ1) is 11.2. The van der Waals surface area contributed by atoms with Crippen molar-refractivity contribution >= 4 is 0 Å². The molecule has 122 valence electrons. The number of rotatable bonds is 6. The lowest BCUT2D eigenvalue weighted by molar-refractivity contribution is 0.166. The second-order valence-corrected chi connectivity index (χ2v) is 6.39. The van der Waals surface area contributed by atoms with Crippen LogP contribution in [0.25, 0.3) is 0 Å². The van der Waals surface area contributed by atoms with Crippen LogP contribution in [0.15, 0.2) is 48.5 Å². The second-order valence-electron chi connectivity index (χ2n) is 6.39. The first-order valence-corrected chi connectivity index (χ1v) is 8.40. The summed E-state index contributed by atoms with van der Waals surface area (Å²) in [5.41, 5.74) is 2.45. The van der Waals surface area contributed by atoms with E-state index in [2.05, 4.69) is 37.4 Å². The molecule has 0 aromatic heterocycles. The van der Waals surface area contributed by atoms with Crippen LogP contribution in [0.2, 0.25) is 0 Å². The first-order valence-electron chi connectivity index (χ1n) is 8.40. The zero-order chi connectivity index (χ0) is 16.1. The Bertz CT molecular complexity index is 625. The number of benzene rings is 2. The van der Waals surface area contributed by atoms with Gasteiger partial charge in [-0.25, -0.2) is 0 Å². The molecule has 0 spiro atoms. The van der Waals surface area contributed by atoms with Crippen LogP contribution in [-0.2, 0) is 13.0 Å². The average molecular weight is 311 g/mol.